The molecule has 1 aromatic heterocycles. The van der Waals surface area contributed by atoms with E-state index in [1.54, 1.807) is 0 Å². The van der Waals surface area contributed by atoms with Gasteiger partial charge in [0, 0.05) is 24.2 Å². The van der Waals surface area contributed by atoms with Crippen molar-refractivity contribution in [1.29, 1.82) is 0 Å². The maximum absolute atomic E-state index is 13.2. The number of H-pyrrole nitrogens is 1. The lowest BCUT2D eigenvalue weighted by Crippen LogP contribution is -2.53. The Bertz CT molecular complexity index is 1250. The van der Waals surface area contributed by atoms with E-state index in [4.69, 9.17) is 19.9 Å². The number of aliphatic hydroxyl groups excluding tert-OH is 4. The predicted molar refractivity (Wildman–Crippen MR) is 154 cm³/mol. The fraction of sp³-hybridized carbons (Fsp3) is 0.724. The van der Waals surface area contributed by atoms with Crippen LogP contribution in [-0.2, 0) is 23.8 Å². The minimum Gasteiger partial charge on any atom is -0.456 e. The summed E-state index contributed by atoms with van der Waals surface area (Å²) in [4.78, 5) is 51.6. The molecule has 0 unspecified atom stereocenters. The number of aromatic amines is 1. The molecule has 2 amide bonds. The highest BCUT2D eigenvalue weighted by Gasteiger charge is 2.51. The molecule has 1 aliphatic carbocycles. The zero-order chi connectivity index (χ0) is 31.8. The Kier molecular flexibility index (Phi) is 12.1. The monoisotopic (exact) mass is 624 g/mol. The maximum Gasteiger partial charge on any atom is 0.330 e. The van der Waals surface area contributed by atoms with Gasteiger partial charge in [-0.2, -0.15) is 0 Å². The number of nitrogens with zero attached hydrogens (tertiary/aromatic N) is 1. The fourth-order valence-electron chi connectivity index (χ4n) is 6.02. The number of primary amides is 1. The number of nitrogens with two attached hydrogens (primary N) is 1. The number of hydrogen-bond donors (Lipinski definition) is 7. The highest BCUT2D eigenvalue weighted by Crippen LogP contribution is 2.36. The number of carbonyl (C=O) groups excluding carboxylic acids is 2. The summed E-state index contributed by atoms with van der Waals surface area (Å²) >= 11 is 0. The second-order valence-electron chi connectivity index (χ2n) is 11.7. The predicted octanol–water partition coefficient (Wildman–Crippen LogP) is -0.975. The molecule has 15 heteroatoms. The number of amides is 2. The first kappa shape index (κ1) is 33.8. The van der Waals surface area contributed by atoms with Gasteiger partial charge in [-0.25, -0.2) is 4.79 Å². The zero-order valence-electron chi connectivity index (χ0n) is 24.6. The molecule has 3 heterocycles. The van der Waals surface area contributed by atoms with Gasteiger partial charge in [0.1, 0.15) is 24.4 Å². The van der Waals surface area contributed by atoms with Crippen LogP contribution in [0.4, 0.5) is 0 Å². The van der Waals surface area contributed by atoms with Crippen LogP contribution in [0.2, 0.25) is 0 Å². The summed E-state index contributed by atoms with van der Waals surface area (Å²) in [5.41, 5.74) is 3.99. The summed E-state index contributed by atoms with van der Waals surface area (Å²) in [6.45, 7) is -0.723. The maximum atomic E-state index is 13.2. The molecule has 0 bridgehead atoms. The molecule has 0 spiro atoms. The van der Waals surface area contributed by atoms with E-state index in [-0.39, 0.29) is 11.8 Å². The minimum absolute atomic E-state index is 0.111. The van der Waals surface area contributed by atoms with E-state index in [1.807, 2.05) is 4.98 Å². The Labute approximate surface area is 254 Å². The van der Waals surface area contributed by atoms with Crippen LogP contribution >= 0.6 is 0 Å². The normalized spacial score (nSPS) is 31.5. The molecule has 1 aromatic rings. The van der Waals surface area contributed by atoms with Crippen molar-refractivity contribution >= 4 is 11.8 Å². The molecule has 8 N–H and O–H groups in total. The molecule has 3 aliphatic rings. The molecule has 1 saturated heterocycles. The number of rotatable bonds is 8. The molecular formula is C29H44N4O11. The van der Waals surface area contributed by atoms with Gasteiger partial charge >= 0.3 is 5.69 Å². The van der Waals surface area contributed by atoms with E-state index in [1.165, 1.54) is 19.3 Å². The van der Waals surface area contributed by atoms with Crippen LogP contribution < -0.4 is 22.3 Å². The van der Waals surface area contributed by atoms with E-state index >= 15 is 0 Å². The SMILES string of the molecule is NC(=O)[C@H](O[C@H]1OC(C(=O)NC2CCCCCCCCCCC2)=C[C@H](O)[C@@H]1O)[C@H]1O[C@@H](n2ccc(=O)[nH]c2=O)[C@H](O)[C@@H]1CO. The summed E-state index contributed by atoms with van der Waals surface area (Å²) in [5.74, 6) is -3.27. The van der Waals surface area contributed by atoms with Crippen molar-refractivity contribution in [3.8, 4) is 0 Å². The fourth-order valence-corrected chi connectivity index (χ4v) is 6.02. The summed E-state index contributed by atoms with van der Waals surface area (Å²) in [6.07, 6.45) is 2.44. The van der Waals surface area contributed by atoms with Crippen molar-refractivity contribution in [3.05, 3.63) is 44.9 Å². The van der Waals surface area contributed by atoms with E-state index in [0.29, 0.717) is 0 Å². The molecule has 0 radical (unpaired) electrons. The third-order valence-electron chi connectivity index (χ3n) is 8.50. The first-order valence-electron chi connectivity index (χ1n) is 15.4. The number of hydrogen-bond acceptors (Lipinski definition) is 11. The van der Waals surface area contributed by atoms with Crippen LogP contribution in [0, 0.1) is 5.92 Å². The molecule has 15 nitrogen and oxygen atoms in total. The van der Waals surface area contributed by atoms with Crippen LogP contribution in [0.25, 0.3) is 0 Å². The first-order valence-corrected chi connectivity index (χ1v) is 15.4. The van der Waals surface area contributed by atoms with Crippen LogP contribution in [0.5, 0.6) is 0 Å². The highest BCUT2D eigenvalue weighted by atomic mass is 16.7. The smallest absolute Gasteiger partial charge is 0.330 e. The number of aromatic nitrogens is 2. The third-order valence-corrected chi connectivity index (χ3v) is 8.50. The van der Waals surface area contributed by atoms with Gasteiger partial charge < -0.3 is 45.7 Å². The summed E-state index contributed by atoms with van der Waals surface area (Å²) in [7, 11) is 0. The molecule has 2 aliphatic heterocycles. The first-order chi connectivity index (χ1) is 21.1. The van der Waals surface area contributed by atoms with Crippen LogP contribution in [-0.4, -0.2) is 91.3 Å². The van der Waals surface area contributed by atoms with Crippen LogP contribution in [0.1, 0.15) is 76.9 Å². The lowest BCUT2D eigenvalue weighted by Gasteiger charge is -2.35. The Balaban J connectivity index is 1.46. The van der Waals surface area contributed by atoms with Gasteiger partial charge in [0.25, 0.3) is 11.5 Å². The van der Waals surface area contributed by atoms with Crippen molar-refractivity contribution in [2.24, 2.45) is 11.7 Å². The molecule has 246 valence electrons. The average Bonchev–Trinajstić information content (AvgIpc) is 3.29. The van der Waals surface area contributed by atoms with Crippen LogP contribution in [0.15, 0.2) is 33.7 Å². The van der Waals surface area contributed by atoms with Gasteiger partial charge in [-0.1, -0.05) is 57.8 Å². The molecular weight excluding hydrogens is 580 g/mol. The summed E-state index contributed by atoms with van der Waals surface area (Å²) in [5, 5.41) is 45.0. The molecule has 8 atom stereocenters. The number of ether oxygens (including phenoxy) is 3. The second kappa shape index (κ2) is 15.8. The number of nitrogens with one attached hydrogen (secondary N) is 2. The largest absolute Gasteiger partial charge is 0.456 e. The van der Waals surface area contributed by atoms with Gasteiger partial charge in [-0.05, 0) is 18.9 Å². The van der Waals surface area contributed by atoms with E-state index < -0.39 is 78.6 Å². The molecule has 1 saturated carbocycles. The second-order valence-corrected chi connectivity index (χ2v) is 11.7. The molecule has 4 rings (SSSR count). The average molecular weight is 625 g/mol. The van der Waals surface area contributed by atoms with E-state index in [2.05, 4.69) is 5.32 Å². The summed E-state index contributed by atoms with van der Waals surface area (Å²) < 4.78 is 17.9. The molecule has 0 aromatic carbocycles. The van der Waals surface area contributed by atoms with E-state index in [0.717, 1.165) is 74.3 Å². The van der Waals surface area contributed by atoms with Crippen molar-refractivity contribution in [3.63, 3.8) is 0 Å². The van der Waals surface area contributed by atoms with Crippen molar-refractivity contribution in [2.45, 2.75) is 120 Å². The lowest BCUT2D eigenvalue weighted by molar-refractivity contribution is -0.239. The van der Waals surface area contributed by atoms with Gasteiger partial charge in [0.15, 0.2) is 18.1 Å². The minimum atomic E-state index is -1.77. The number of carbonyl (C=O) groups is 2. The Morgan fingerprint density at radius 2 is 1.64 bits per heavy atom. The number of aliphatic hydroxyl groups is 4. The van der Waals surface area contributed by atoms with E-state index in [9.17, 15) is 39.6 Å². The van der Waals surface area contributed by atoms with Gasteiger partial charge in [0.05, 0.1) is 6.61 Å². The Morgan fingerprint density at radius 1 is 1.02 bits per heavy atom. The Hall–Kier alpha value is -3.08. The molecule has 2 fully saturated rings. The third kappa shape index (κ3) is 8.34. The van der Waals surface area contributed by atoms with Gasteiger partial charge in [-0.15, -0.1) is 0 Å². The summed E-state index contributed by atoms with van der Waals surface area (Å²) in [6, 6.07) is 0.912. The van der Waals surface area contributed by atoms with Crippen molar-refractivity contribution < 1.29 is 44.2 Å². The standard InChI is InChI=1S/C29H44N4O11/c30-25(39)24(23-17(15-34)21(37)27(43-23)33-13-12-20(36)32-29(33)41)44-28-22(38)18(35)14-19(42-28)26(40)31-16-10-8-6-4-2-1-3-5-7-9-11-16/h12-14,16-18,21-24,27-28,34-35,37-38H,1-11,15H2,(H2,30,39)(H,31,40)(H,32,36,41)/t17-,18-,21+,22-,23-,24+,27+,28+/m0/s1. The highest BCUT2D eigenvalue weighted by molar-refractivity contribution is 5.92. The quantitative estimate of drug-likeness (QED) is 0.186. The Morgan fingerprint density at radius 3 is 2.20 bits per heavy atom. The lowest BCUT2D eigenvalue weighted by atomic mass is 9.94. The van der Waals surface area contributed by atoms with Crippen molar-refractivity contribution in [1.82, 2.24) is 14.9 Å². The van der Waals surface area contributed by atoms with Crippen molar-refractivity contribution in [2.75, 3.05) is 6.61 Å². The van der Waals surface area contributed by atoms with Gasteiger partial charge in [0.2, 0.25) is 12.2 Å². The molecule has 44 heavy (non-hydrogen) atoms. The van der Waals surface area contributed by atoms with Gasteiger partial charge in [-0.3, -0.25) is 23.9 Å². The zero-order valence-corrected chi connectivity index (χ0v) is 24.6. The van der Waals surface area contributed by atoms with Crippen LogP contribution in [0.3, 0.4) is 0 Å². The topological polar surface area (TPSA) is 236 Å².